The molecule has 2 unspecified atom stereocenters. The molecule has 0 radical (unpaired) electrons. The third kappa shape index (κ3) is 6.40. The number of piperidine rings is 1. The summed E-state index contributed by atoms with van der Waals surface area (Å²) in [4.78, 5) is 12.0. The molecule has 2 rings (SSSR count). The Morgan fingerprint density at radius 3 is 2.65 bits per heavy atom. The monoisotopic (exact) mass is 340 g/mol. The molecule has 1 aliphatic rings. The van der Waals surface area contributed by atoms with E-state index in [-0.39, 0.29) is 18.3 Å². The second-order valence-corrected chi connectivity index (χ2v) is 6.47. The van der Waals surface area contributed by atoms with Gasteiger partial charge in [0.05, 0.1) is 13.0 Å². The van der Waals surface area contributed by atoms with Gasteiger partial charge in [-0.2, -0.15) is 0 Å². The van der Waals surface area contributed by atoms with E-state index >= 15 is 0 Å². The van der Waals surface area contributed by atoms with Gasteiger partial charge < -0.3 is 15.4 Å². The summed E-state index contributed by atoms with van der Waals surface area (Å²) < 4.78 is 5.65. The number of benzene rings is 1. The third-order valence-electron chi connectivity index (χ3n) is 4.28. The maximum absolute atomic E-state index is 12.0. The summed E-state index contributed by atoms with van der Waals surface area (Å²) in [7, 11) is 0. The molecule has 2 N–H and O–H groups in total. The molecule has 23 heavy (non-hydrogen) atoms. The molecule has 0 saturated carbocycles. The third-order valence-corrected chi connectivity index (χ3v) is 4.28. The van der Waals surface area contributed by atoms with Crippen LogP contribution in [-0.4, -0.2) is 31.6 Å². The molecule has 5 heteroatoms. The summed E-state index contributed by atoms with van der Waals surface area (Å²) in [5, 5.41) is 6.46. The molecule has 4 nitrogen and oxygen atoms in total. The maximum Gasteiger partial charge on any atom is 0.223 e. The fraction of sp³-hybridized carbons (Fsp3) is 0.611. The van der Waals surface area contributed by atoms with E-state index in [4.69, 9.17) is 4.74 Å². The minimum absolute atomic E-state index is 0. The van der Waals surface area contributed by atoms with Crippen LogP contribution in [0.2, 0.25) is 0 Å². The van der Waals surface area contributed by atoms with Gasteiger partial charge >= 0.3 is 0 Å². The Morgan fingerprint density at radius 1 is 1.35 bits per heavy atom. The number of nitrogens with one attached hydrogen (secondary N) is 2. The fourth-order valence-electron chi connectivity index (χ4n) is 2.72. The highest BCUT2D eigenvalue weighted by Gasteiger charge is 2.22. The van der Waals surface area contributed by atoms with Crippen LogP contribution in [0.3, 0.4) is 0 Å². The first-order chi connectivity index (χ1) is 10.6. The van der Waals surface area contributed by atoms with E-state index in [2.05, 4.69) is 43.5 Å². The summed E-state index contributed by atoms with van der Waals surface area (Å²) in [5.74, 6) is 1.92. The van der Waals surface area contributed by atoms with Crippen LogP contribution in [0.1, 0.15) is 45.1 Å². The Kier molecular flexibility index (Phi) is 8.42. The van der Waals surface area contributed by atoms with Gasteiger partial charge in [-0.25, -0.2) is 0 Å². The second-order valence-electron chi connectivity index (χ2n) is 6.47. The Hall–Kier alpha value is -1.26. The molecule has 1 amide bonds. The first kappa shape index (κ1) is 19.8. The summed E-state index contributed by atoms with van der Waals surface area (Å²) in [6, 6.07) is 8.40. The zero-order chi connectivity index (χ0) is 15.9. The summed E-state index contributed by atoms with van der Waals surface area (Å²) in [6.07, 6.45) is 1.41. The predicted octanol–water partition coefficient (Wildman–Crippen LogP) is 3.11. The van der Waals surface area contributed by atoms with Gasteiger partial charge in [0.2, 0.25) is 5.91 Å². The Bertz CT molecular complexity index is 476. The van der Waals surface area contributed by atoms with Crippen molar-refractivity contribution in [1.29, 1.82) is 0 Å². The van der Waals surface area contributed by atoms with Crippen LogP contribution in [0, 0.1) is 5.92 Å². The molecule has 1 saturated heterocycles. The molecule has 2 atom stereocenters. The van der Waals surface area contributed by atoms with Gasteiger partial charge in [0.25, 0.3) is 0 Å². The van der Waals surface area contributed by atoms with Crippen LogP contribution in [0.15, 0.2) is 24.3 Å². The second kappa shape index (κ2) is 9.78. The van der Waals surface area contributed by atoms with Crippen molar-refractivity contribution in [2.75, 3.05) is 19.7 Å². The average molecular weight is 341 g/mol. The molecule has 1 aromatic carbocycles. The van der Waals surface area contributed by atoms with Crippen LogP contribution in [0.4, 0.5) is 0 Å². The van der Waals surface area contributed by atoms with Crippen LogP contribution >= 0.6 is 12.4 Å². The quantitative estimate of drug-likeness (QED) is 0.836. The summed E-state index contributed by atoms with van der Waals surface area (Å²) in [6.45, 7) is 8.89. The first-order valence-electron chi connectivity index (χ1n) is 8.29. The molecule has 0 aromatic heterocycles. The highest BCUT2D eigenvalue weighted by molar-refractivity contribution is 5.85. The molecular formula is C18H29ClN2O2. The molecule has 1 heterocycles. The number of hydrogen-bond donors (Lipinski definition) is 2. The van der Waals surface area contributed by atoms with Gasteiger partial charge in [0, 0.05) is 6.04 Å². The fourth-order valence-corrected chi connectivity index (χ4v) is 2.72. The highest BCUT2D eigenvalue weighted by Crippen LogP contribution is 2.18. The van der Waals surface area contributed by atoms with Crippen molar-refractivity contribution in [1.82, 2.24) is 10.6 Å². The van der Waals surface area contributed by atoms with Gasteiger partial charge in [0.15, 0.2) is 0 Å². The van der Waals surface area contributed by atoms with Crippen LogP contribution in [0.5, 0.6) is 5.75 Å². The molecule has 0 aliphatic carbocycles. The van der Waals surface area contributed by atoms with Crippen molar-refractivity contribution in [2.45, 2.75) is 45.6 Å². The maximum atomic E-state index is 12.0. The number of ether oxygens (including phenoxy) is 1. The molecule has 1 aliphatic heterocycles. The Morgan fingerprint density at radius 2 is 2.04 bits per heavy atom. The normalized spacial score (nSPS) is 20.7. The van der Waals surface area contributed by atoms with Crippen molar-refractivity contribution in [3.05, 3.63) is 29.8 Å². The minimum atomic E-state index is 0. The van der Waals surface area contributed by atoms with Gasteiger partial charge in [0.1, 0.15) is 5.75 Å². The number of rotatable bonds is 6. The lowest BCUT2D eigenvalue weighted by Crippen LogP contribution is -2.48. The van der Waals surface area contributed by atoms with E-state index in [0.29, 0.717) is 30.9 Å². The van der Waals surface area contributed by atoms with E-state index < -0.39 is 0 Å². The van der Waals surface area contributed by atoms with E-state index in [1.165, 1.54) is 5.56 Å². The minimum Gasteiger partial charge on any atom is -0.493 e. The van der Waals surface area contributed by atoms with Gasteiger partial charge in [-0.05, 0) is 49.0 Å². The zero-order valence-electron chi connectivity index (χ0n) is 14.3. The van der Waals surface area contributed by atoms with Gasteiger partial charge in [-0.15, -0.1) is 12.4 Å². The van der Waals surface area contributed by atoms with Crippen molar-refractivity contribution in [3.63, 3.8) is 0 Å². The molecule has 0 bridgehead atoms. The Balaban J connectivity index is 0.00000264. The van der Waals surface area contributed by atoms with Crippen molar-refractivity contribution >= 4 is 18.3 Å². The van der Waals surface area contributed by atoms with Crippen LogP contribution in [-0.2, 0) is 4.79 Å². The number of carbonyl (C=O) groups excluding carboxylic acids is 1. The van der Waals surface area contributed by atoms with Gasteiger partial charge in [-0.1, -0.05) is 32.9 Å². The molecule has 1 fully saturated rings. The van der Waals surface area contributed by atoms with E-state index in [1.807, 2.05) is 12.1 Å². The van der Waals surface area contributed by atoms with E-state index in [1.54, 1.807) is 0 Å². The topological polar surface area (TPSA) is 50.4 Å². The van der Waals surface area contributed by atoms with Gasteiger partial charge in [-0.3, -0.25) is 4.79 Å². The smallest absolute Gasteiger partial charge is 0.223 e. The number of hydrogen-bond acceptors (Lipinski definition) is 3. The number of carbonyl (C=O) groups is 1. The Labute approximate surface area is 145 Å². The molecule has 130 valence electrons. The lowest BCUT2D eigenvalue weighted by molar-refractivity contribution is -0.122. The first-order valence-corrected chi connectivity index (χ1v) is 8.29. The molecule has 1 aromatic rings. The number of halogens is 1. The summed E-state index contributed by atoms with van der Waals surface area (Å²) in [5.41, 5.74) is 1.30. The molecular weight excluding hydrogens is 312 g/mol. The zero-order valence-corrected chi connectivity index (χ0v) is 15.1. The highest BCUT2D eigenvalue weighted by atomic mass is 35.5. The SMILES string of the molecule is CC(C)c1ccc(OCCC(=O)NC2CCNCC2C)cc1.Cl. The van der Waals surface area contributed by atoms with Crippen molar-refractivity contribution < 1.29 is 9.53 Å². The number of amides is 1. The predicted molar refractivity (Wildman–Crippen MR) is 96.5 cm³/mol. The summed E-state index contributed by atoms with van der Waals surface area (Å²) >= 11 is 0. The molecule has 0 spiro atoms. The largest absolute Gasteiger partial charge is 0.493 e. The lowest BCUT2D eigenvalue weighted by Gasteiger charge is -2.30. The lowest BCUT2D eigenvalue weighted by atomic mass is 9.95. The van der Waals surface area contributed by atoms with E-state index in [9.17, 15) is 4.79 Å². The average Bonchev–Trinajstić information content (AvgIpc) is 2.50. The van der Waals surface area contributed by atoms with Crippen LogP contribution in [0.25, 0.3) is 0 Å². The van der Waals surface area contributed by atoms with Crippen molar-refractivity contribution in [3.8, 4) is 5.75 Å². The standard InChI is InChI=1S/C18H28N2O2.ClH/c1-13(2)15-4-6-16(7-5-15)22-11-9-18(21)20-17-8-10-19-12-14(17)3;/h4-7,13-14,17,19H,8-12H2,1-3H3,(H,20,21);1H. The van der Waals surface area contributed by atoms with Crippen LogP contribution < -0.4 is 15.4 Å². The van der Waals surface area contributed by atoms with Crippen molar-refractivity contribution in [2.24, 2.45) is 5.92 Å². The van der Waals surface area contributed by atoms with E-state index in [0.717, 1.165) is 25.3 Å².